The molecule has 2 heterocycles. The van der Waals surface area contributed by atoms with Gasteiger partial charge in [0.25, 0.3) is 0 Å². The summed E-state index contributed by atoms with van der Waals surface area (Å²) in [5, 5.41) is 10.9. The van der Waals surface area contributed by atoms with Crippen LogP contribution in [0.3, 0.4) is 0 Å². The molecule has 1 unspecified atom stereocenters. The SMILES string of the molecule is Cc1ccccc1OCC1(C)CC(=O)c2c(O)cc(N3CCOCC3)c(Cl)c2O1. The van der Waals surface area contributed by atoms with E-state index in [-0.39, 0.29) is 35.9 Å². The van der Waals surface area contributed by atoms with Gasteiger partial charge in [-0.2, -0.15) is 0 Å². The van der Waals surface area contributed by atoms with Gasteiger partial charge in [0.15, 0.2) is 11.5 Å². The number of para-hydroxylation sites is 1. The summed E-state index contributed by atoms with van der Waals surface area (Å²) < 4.78 is 17.5. The van der Waals surface area contributed by atoms with Crippen LogP contribution < -0.4 is 14.4 Å². The first kappa shape index (κ1) is 19.9. The number of ether oxygens (including phenoxy) is 3. The summed E-state index contributed by atoms with van der Waals surface area (Å²) >= 11 is 6.66. The average Bonchev–Trinajstić information content (AvgIpc) is 2.70. The van der Waals surface area contributed by atoms with Crippen LogP contribution in [0, 0.1) is 6.92 Å². The van der Waals surface area contributed by atoms with Gasteiger partial charge in [-0.3, -0.25) is 4.79 Å². The molecule has 6 nitrogen and oxygen atoms in total. The molecule has 1 saturated heterocycles. The number of hydrogen-bond acceptors (Lipinski definition) is 6. The Morgan fingerprint density at radius 1 is 1.28 bits per heavy atom. The second-order valence-electron chi connectivity index (χ2n) is 7.74. The number of hydrogen-bond donors (Lipinski definition) is 1. The van der Waals surface area contributed by atoms with Gasteiger partial charge in [-0.05, 0) is 25.5 Å². The van der Waals surface area contributed by atoms with Gasteiger partial charge in [-0.15, -0.1) is 0 Å². The molecular weight excluding hydrogens is 394 g/mol. The second kappa shape index (κ2) is 7.76. The maximum Gasteiger partial charge on any atom is 0.174 e. The first-order valence-electron chi connectivity index (χ1n) is 9.67. The smallest absolute Gasteiger partial charge is 0.174 e. The Hall–Kier alpha value is -2.44. The molecule has 0 amide bonds. The van der Waals surface area contributed by atoms with Crippen LogP contribution in [0.5, 0.6) is 17.2 Å². The number of morpholine rings is 1. The van der Waals surface area contributed by atoms with Crippen molar-refractivity contribution in [1.29, 1.82) is 0 Å². The molecule has 0 radical (unpaired) electrons. The van der Waals surface area contributed by atoms with Gasteiger partial charge in [-0.25, -0.2) is 0 Å². The molecule has 2 aromatic carbocycles. The number of fused-ring (bicyclic) bond motifs is 1. The molecule has 7 heteroatoms. The Kier molecular flexibility index (Phi) is 5.32. The molecule has 1 N–H and O–H groups in total. The monoisotopic (exact) mass is 417 g/mol. The van der Waals surface area contributed by atoms with Gasteiger partial charge >= 0.3 is 0 Å². The van der Waals surface area contributed by atoms with Crippen LogP contribution in [-0.2, 0) is 4.74 Å². The highest BCUT2D eigenvalue weighted by Gasteiger charge is 2.41. The zero-order valence-corrected chi connectivity index (χ0v) is 17.3. The van der Waals surface area contributed by atoms with Crippen LogP contribution in [0.25, 0.3) is 0 Å². The normalized spacial score (nSPS) is 21.5. The number of aryl methyl sites for hydroxylation is 1. The Morgan fingerprint density at radius 2 is 2.00 bits per heavy atom. The topological polar surface area (TPSA) is 68.2 Å². The summed E-state index contributed by atoms with van der Waals surface area (Å²) in [6.07, 6.45) is 0.0900. The van der Waals surface area contributed by atoms with Gasteiger partial charge in [-0.1, -0.05) is 29.8 Å². The fourth-order valence-electron chi connectivity index (χ4n) is 3.75. The third kappa shape index (κ3) is 3.87. The Labute approximate surface area is 174 Å². The molecule has 0 bridgehead atoms. The van der Waals surface area contributed by atoms with E-state index in [1.807, 2.05) is 43.0 Å². The molecule has 154 valence electrons. The van der Waals surface area contributed by atoms with E-state index in [0.29, 0.717) is 37.0 Å². The van der Waals surface area contributed by atoms with Crippen LogP contribution in [0.2, 0.25) is 5.02 Å². The van der Waals surface area contributed by atoms with Gasteiger partial charge in [0.1, 0.15) is 34.3 Å². The standard InChI is InChI=1S/C22H24ClNO5/c1-14-5-3-4-6-18(14)28-13-22(2)12-17(26)19-16(25)11-15(20(23)21(19)29-22)24-7-9-27-10-8-24/h3-6,11,25H,7-10,12-13H2,1-2H3. The second-order valence-corrected chi connectivity index (χ2v) is 8.12. The lowest BCUT2D eigenvalue weighted by atomic mass is 9.91. The third-order valence-electron chi connectivity index (χ3n) is 5.32. The number of carbonyl (C=O) groups is 1. The number of rotatable bonds is 4. The molecule has 2 aromatic rings. The molecule has 2 aliphatic heterocycles. The summed E-state index contributed by atoms with van der Waals surface area (Å²) in [5.41, 5.74) is 0.888. The largest absolute Gasteiger partial charge is 0.507 e. The van der Waals surface area contributed by atoms with Crippen LogP contribution in [-0.4, -0.2) is 49.4 Å². The summed E-state index contributed by atoms with van der Waals surface area (Å²) in [6.45, 7) is 6.43. The molecule has 0 saturated carbocycles. The number of phenolic OH excluding ortho intramolecular Hbond substituents is 1. The average molecular weight is 418 g/mol. The predicted octanol–water partition coefficient (Wildman–Crippen LogP) is 3.99. The van der Waals surface area contributed by atoms with Crippen molar-refractivity contribution >= 4 is 23.1 Å². The fraction of sp³-hybridized carbons (Fsp3) is 0.409. The summed E-state index contributed by atoms with van der Waals surface area (Å²) in [4.78, 5) is 14.9. The van der Waals surface area contributed by atoms with E-state index in [9.17, 15) is 9.90 Å². The Morgan fingerprint density at radius 3 is 2.72 bits per heavy atom. The first-order chi connectivity index (χ1) is 13.9. The molecule has 29 heavy (non-hydrogen) atoms. The minimum atomic E-state index is -0.897. The Balaban J connectivity index is 1.63. The van der Waals surface area contributed by atoms with E-state index >= 15 is 0 Å². The number of aromatic hydroxyl groups is 1. The van der Waals surface area contributed by atoms with E-state index < -0.39 is 5.60 Å². The van der Waals surface area contributed by atoms with Gasteiger partial charge < -0.3 is 24.2 Å². The molecule has 0 aliphatic carbocycles. The van der Waals surface area contributed by atoms with Gasteiger partial charge in [0.2, 0.25) is 0 Å². The lowest BCUT2D eigenvalue weighted by Gasteiger charge is -2.37. The number of benzene rings is 2. The van der Waals surface area contributed by atoms with Crippen molar-refractivity contribution < 1.29 is 24.1 Å². The minimum Gasteiger partial charge on any atom is -0.507 e. The van der Waals surface area contributed by atoms with Crippen LogP contribution in [0.15, 0.2) is 30.3 Å². The number of Topliss-reactive ketones (excluding diaryl/α,β-unsaturated/α-hetero) is 1. The molecule has 1 atom stereocenters. The highest BCUT2D eigenvalue weighted by molar-refractivity contribution is 6.35. The minimum absolute atomic E-state index is 0.0900. The quantitative estimate of drug-likeness (QED) is 0.811. The predicted molar refractivity (Wildman–Crippen MR) is 111 cm³/mol. The zero-order chi connectivity index (χ0) is 20.6. The number of halogens is 1. The molecule has 0 spiro atoms. The van der Waals surface area contributed by atoms with Crippen molar-refractivity contribution in [3.63, 3.8) is 0 Å². The number of ketones is 1. The highest BCUT2D eigenvalue weighted by atomic mass is 35.5. The maximum absolute atomic E-state index is 12.9. The van der Waals surface area contributed by atoms with Gasteiger partial charge in [0, 0.05) is 19.2 Å². The fourth-order valence-corrected chi connectivity index (χ4v) is 4.05. The van der Waals surface area contributed by atoms with Crippen LogP contribution >= 0.6 is 11.6 Å². The summed E-state index contributed by atoms with van der Waals surface area (Å²) in [7, 11) is 0. The first-order valence-corrected chi connectivity index (χ1v) is 10.0. The van der Waals surface area contributed by atoms with E-state index in [4.69, 9.17) is 25.8 Å². The van der Waals surface area contributed by atoms with E-state index in [1.165, 1.54) is 0 Å². The number of phenols is 1. The lowest BCUT2D eigenvalue weighted by molar-refractivity contribution is 0.0185. The van der Waals surface area contributed by atoms with E-state index in [1.54, 1.807) is 6.07 Å². The third-order valence-corrected chi connectivity index (χ3v) is 5.69. The Bertz CT molecular complexity index is 941. The van der Waals surface area contributed by atoms with Crippen molar-refractivity contribution in [3.05, 3.63) is 46.5 Å². The van der Waals surface area contributed by atoms with E-state index in [2.05, 4.69) is 0 Å². The number of carbonyl (C=O) groups excluding carboxylic acids is 1. The number of anilines is 1. The van der Waals surface area contributed by atoms with Crippen molar-refractivity contribution in [1.82, 2.24) is 0 Å². The lowest BCUT2D eigenvalue weighted by Crippen LogP contribution is -2.44. The van der Waals surface area contributed by atoms with Gasteiger partial charge in [0.05, 0.1) is 25.3 Å². The maximum atomic E-state index is 12.9. The summed E-state index contributed by atoms with van der Waals surface area (Å²) in [6, 6.07) is 9.23. The zero-order valence-electron chi connectivity index (χ0n) is 16.5. The van der Waals surface area contributed by atoms with Crippen LogP contribution in [0.4, 0.5) is 5.69 Å². The van der Waals surface area contributed by atoms with Crippen molar-refractivity contribution in [3.8, 4) is 17.2 Å². The molecular formula is C22H24ClNO5. The van der Waals surface area contributed by atoms with Crippen molar-refractivity contribution in [2.75, 3.05) is 37.8 Å². The van der Waals surface area contributed by atoms with E-state index in [0.717, 1.165) is 11.3 Å². The van der Waals surface area contributed by atoms with Crippen molar-refractivity contribution in [2.24, 2.45) is 0 Å². The van der Waals surface area contributed by atoms with Crippen LogP contribution in [0.1, 0.15) is 29.3 Å². The molecule has 2 aliphatic rings. The number of nitrogens with zero attached hydrogens (tertiary/aromatic N) is 1. The molecule has 0 aromatic heterocycles. The molecule has 1 fully saturated rings. The van der Waals surface area contributed by atoms with Crippen molar-refractivity contribution in [2.45, 2.75) is 25.9 Å². The highest BCUT2D eigenvalue weighted by Crippen LogP contribution is 2.48. The molecule has 4 rings (SSSR count). The summed E-state index contributed by atoms with van der Waals surface area (Å²) in [5.74, 6) is 0.639.